The van der Waals surface area contributed by atoms with E-state index in [1.54, 1.807) is 6.07 Å². The van der Waals surface area contributed by atoms with Gasteiger partial charge in [-0.25, -0.2) is 9.89 Å². The lowest BCUT2D eigenvalue weighted by atomic mass is 9.63. The van der Waals surface area contributed by atoms with Crippen molar-refractivity contribution in [2.75, 3.05) is 5.32 Å². The van der Waals surface area contributed by atoms with E-state index in [0.29, 0.717) is 22.5 Å². The summed E-state index contributed by atoms with van der Waals surface area (Å²) in [6.07, 6.45) is 3.44. The van der Waals surface area contributed by atoms with Gasteiger partial charge in [-0.1, -0.05) is 27.7 Å². The molecule has 1 aliphatic rings. The number of hydrogen-bond acceptors (Lipinski definition) is 4. The minimum Gasteiger partial charge on any atom is -0.366 e. The second-order valence-corrected chi connectivity index (χ2v) is 7.77. The number of fused-ring (bicyclic) bond motifs is 1. The van der Waals surface area contributed by atoms with Gasteiger partial charge in [-0.05, 0) is 42.2 Å². The maximum Gasteiger partial charge on any atom is 0.364 e. The highest BCUT2D eigenvalue weighted by Gasteiger charge is 2.38. The van der Waals surface area contributed by atoms with Gasteiger partial charge in [0.1, 0.15) is 5.82 Å². The van der Waals surface area contributed by atoms with Crippen LogP contribution in [0.25, 0.3) is 5.65 Å². The van der Waals surface area contributed by atoms with Crippen LogP contribution in [-0.2, 0) is 0 Å². The van der Waals surface area contributed by atoms with Crippen LogP contribution in [0.15, 0.2) is 16.9 Å². The molecule has 21 heavy (non-hydrogen) atoms. The van der Waals surface area contributed by atoms with E-state index in [9.17, 15) is 4.79 Å². The van der Waals surface area contributed by atoms with Crippen LogP contribution in [-0.4, -0.2) is 25.9 Å². The van der Waals surface area contributed by atoms with Crippen LogP contribution in [0, 0.1) is 10.8 Å². The van der Waals surface area contributed by atoms with Crippen LogP contribution in [0.5, 0.6) is 0 Å². The molecule has 3 rings (SSSR count). The molecular weight excluding hydrogens is 266 g/mol. The van der Waals surface area contributed by atoms with Gasteiger partial charge in [0.05, 0.1) is 0 Å². The first-order chi connectivity index (χ1) is 9.74. The van der Waals surface area contributed by atoms with Gasteiger partial charge in [0.2, 0.25) is 0 Å². The Bertz CT molecular complexity index is 696. The molecule has 1 saturated carbocycles. The van der Waals surface area contributed by atoms with Crippen molar-refractivity contribution in [1.29, 1.82) is 0 Å². The van der Waals surface area contributed by atoms with E-state index in [2.05, 4.69) is 48.3 Å². The number of H-pyrrole nitrogens is 1. The molecule has 0 unspecified atom stereocenters. The molecule has 0 atom stereocenters. The molecule has 0 amide bonds. The molecule has 6 heteroatoms. The standard InChI is InChI=1S/C15H23N5O/c1-14(2)7-10(8-15(3,4)9-14)16-11-5-6-12-17-18-13(21)20(12)19-11/h5-6,10H,7-9H2,1-4H3,(H,16,19)(H,18,21). The molecule has 2 N–H and O–H groups in total. The minimum absolute atomic E-state index is 0.307. The van der Waals surface area contributed by atoms with Crippen molar-refractivity contribution in [2.24, 2.45) is 10.8 Å². The van der Waals surface area contributed by atoms with Gasteiger partial charge >= 0.3 is 5.69 Å². The quantitative estimate of drug-likeness (QED) is 0.890. The van der Waals surface area contributed by atoms with Crippen molar-refractivity contribution in [1.82, 2.24) is 19.8 Å². The van der Waals surface area contributed by atoms with Gasteiger partial charge in [0.25, 0.3) is 0 Å². The first kappa shape index (κ1) is 14.1. The molecule has 0 bridgehead atoms. The molecule has 0 spiro atoms. The fraction of sp³-hybridized carbons (Fsp3) is 0.667. The van der Waals surface area contributed by atoms with Crippen LogP contribution >= 0.6 is 0 Å². The highest BCUT2D eigenvalue weighted by molar-refractivity contribution is 5.43. The average Bonchev–Trinajstić information content (AvgIpc) is 2.67. The normalized spacial score (nSPS) is 21.5. The number of nitrogens with one attached hydrogen (secondary N) is 2. The number of nitrogens with zero attached hydrogens (tertiary/aromatic N) is 3. The van der Waals surface area contributed by atoms with E-state index in [4.69, 9.17) is 0 Å². The zero-order chi connectivity index (χ0) is 15.3. The van der Waals surface area contributed by atoms with Gasteiger partial charge < -0.3 is 5.32 Å². The molecule has 6 nitrogen and oxygen atoms in total. The molecule has 114 valence electrons. The Labute approximate surface area is 124 Å². The fourth-order valence-corrected chi connectivity index (χ4v) is 4.04. The molecule has 2 aromatic rings. The van der Waals surface area contributed by atoms with Crippen LogP contribution in [0.2, 0.25) is 0 Å². The number of hydrogen-bond donors (Lipinski definition) is 2. The highest BCUT2D eigenvalue weighted by atomic mass is 16.2. The molecule has 1 fully saturated rings. The lowest BCUT2D eigenvalue weighted by Crippen LogP contribution is -2.40. The zero-order valence-corrected chi connectivity index (χ0v) is 13.1. The summed E-state index contributed by atoms with van der Waals surface area (Å²) in [5, 5.41) is 14.1. The van der Waals surface area contributed by atoms with Gasteiger partial charge in [-0.3, -0.25) is 0 Å². The topological polar surface area (TPSA) is 75.1 Å². The summed E-state index contributed by atoms with van der Waals surface area (Å²) in [7, 11) is 0. The van der Waals surface area contributed by atoms with Crippen molar-refractivity contribution >= 4 is 11.5 Å². The zero-order valence-electron chi connectivity index (χ0n) is 13.1. The van der Waals surface area contributed by atoms with Gasteiger partial charge in [0.15, 0.2) is 5.65 Å². The third-order valence-corrected chi connectivity index (χ3v) is 4.18. The third-order valence-electron chi connectivity index (χ3n) is 4.18. The second-order valence-electron chi connectivity index (χ2n) is 7.77. The lowest BCUT2D eigenvalue weighted by molar-refractivity contribution is 0.105. The van der Waals surface area contributed by atoms with Crippen LogP contribution in [0.1, 0.15) is 47.0 Å². The highest BCUT2D eigenvalue weighted by Crippen LogP contribution is 2.46. The molecule has 2 heterocycles. The summed E-state index contributed by atoms with van der Waals surface area (Å²) < 4.78 is 1.29. The molecule has 0 saturated heterocycles. The largest absolute Gasteiger partial charge is 0.366 e. The number of rotatable bonds is 2. The minimum atomic E-state index is -0.307. The average molecular weight is 289 g/mol. The molecular formula is C15H23N5O. The van der Waals surface area contributed by atoms with E-state index in [0.717, 1.165) is 18.7 Å². The van der Waals surface area contributed by atoms with Gasteiger partial charge in [-0.15, -0.1) is 5.10 Å². The molecule has 2 aromatic heterocycles. The SMILES string of the molecule is CC1(C)CC(Nc2ccc3n[nH]c(=O)n3n2)CC(C)(C)C1. The van der Waals surface area contributed by atoms with Crippen LogP contribution in [0.4, 0.5) is 5.82 Å². The van der Waals surface area contributed by atoms with E-state index in [1.807, 2.05) is 6.07 Å². The van der Waals surface area contributed by atoms with E-state index in [-0.39, 0.29) is 5.69 Å². The number of aromatic nitrogens is 4. The molecule has 0 aromatic carbocycles. The van der Waals surface area contributed by atoms with Crippen LogP contribution < -0.4 is 11.0 Å². The van der Waals surface area contributed by atoms with Crippen molar-refractivity contribution < 1.29 is 0 Å². The summed E-state index contributed by atoms with van der Waals surface area (Å²) in [5.41, 5.74) is 0.860. The summed E-state index contributed by atoms with van der Waals surface area (Å²) in [6, 6.07) is 4.05. The first-order valence-corrected chi connectivity index (χ1v) is 7.45. The van der Waals surface area contributed by atoms with Crippen molar-refractivity contribution in [3.05, 3.63) is 22.6 Å². The fourth-order valence-electron chi connectivity index (χ4n) is 4.04. The third kappa shape index (κ3) is 2.94. The Morgan fingerprint density at radius 3 is 2.57 bits per heavy atom. The van der Waals surface area contributed by atoms with Crippen molar-refractivity contribution in [3.63, 3.8) is 0 Å². The maximum atomic E-state index is 11.6. The van der Waals surface area contributed by atoms with Crippen molar-refractivity contribution in [2.45, 2.75) is 53.0 Å². The summed E-state index contributed by atoms with van der Waals surface area (Å²) in [4.78, 5) is 11.6. The summed E-state index contributed by atoms with van der Waals surface area (Å²) in [5.74, 6) is 0.726. The van der Waals surface area contributed by atoms with Crippen molar-refractivity contribution in [3.8, 4) is 0 Å². The Hall–Kier alpha value is -1.85. The van der Waals surface area contributed by atoms with E-state index in [1.165, 1.54) is 10.9 Å². The first-order valence-electron chi connectivity index (χ1n) is 7.45. The van der Waals surface area contributed by atoms with E-state index < -0.39 is 0 Å². The second kappa shape index (κ2) is 4.58. The van der Waals surface area contributed by atoms with E-state index >= 15 is 0 Å². The number of anilines is 1. The Morgan fingerprint density at radius 1 is 1.24 bits per heavy atom. The summed E-state index contributed by atoms with van der Waals surface area (Å²) >= 11 is 0. The predicted octanol–water partition coefficient (Wildman–Crippen LogP) is 2.43. The number of aromatic amines is 1. The monoisotopic (exact) mass is 289 g/mol. The Balaban J connectivity index is 1.84. The molecule has 0 radical (unpaired) electrons. The Morgan fingerprint density at radius 2 is 1.90 bits per heavy atom. The van der Waals surface area contributed by atoms with Gasteiger partial charge in [0, 0.05) is 6.04 Å². The summed E-state index contributed by atoms with van der Waals surface area (Å²) in [6.45, 7) is 9.28. The molecule has 1 aliphatic carbocycles. The predicted molar refractivity (Wildman–Crippen MR) is 82.4 cm³/mol. The smallest absolute Gasteiger partial charge is 0.364 e. The maximum absolute atomic E-state index is 11.6. The van der Waals surface area contributed by atoms with Gasteiger partial charge in [-0.2, -0.15) is 9.61 Å². The Kier molecular flexibility index (Phi) is 3.07. The van der Waals surface area contributed by atoms with Crippen LogP contribution in [0.3, 0.4) is 0 Å². The lowest BCUT2D eigenvalue weighted by Gasteiger charge is -2.45. The molecule has 0 aliphatic heterocycles.